The fourth-order valence-electron chi connectivity index (χ4n) is 1.91. The van der Waals surface area contributed by atoms with E-state index >= 15 is 0 Å². The van der Waals surface area contributed by atoms with Gasteiger partial charge < -0.3 is 5.32 Å². The van der Waals surface area contributed by atoms with Gasteiger partial charge in [0.15, 0.2) is 0 Å². The van der Waals surface area contributed by atoms with Gasteiger partial charge in [0.1, 0.15) is 4.47 Å². The second-order valence-electron chi connectivity index (χ2n) is 4.34. The molecular weight excluding hydrogens is 332 g/mol. The van der Waals surface area contributed by atoms with Crippen molar-refractivity contribution in [1.82, 2.24) is 5.32 Å². The summed E-state index contributed by atoms with van der Waals surface area (Å²) in [4.78, 5) is 22.3. The summed E-state index contributed by atoms with van der Waals surface area (Å²) < 4.78 is 0.235. The maximum Gasteiger partial charge on any atom is 0.284 e. The molecule has 1 aliphatic rings. The first-order valence-electron chi connectivity index (χ1n) is 5.88. The highest BCUT2D eigenvalue weighted by Crippen LogP contribution is 2.28. The van der Waals surface area contributed by atoms with Crippen LogP contribution in [0.3, 0.4) is 0 Å². The van der Waals surface area contributed by atoms with Crippen LogP contribution in [0.4, 0.5) is 5.69 Å². The SMILES string of the molecule is O=C(NCC1CCSC1)c1cccc([N+](=O)[O-])c1Br. The van der Waals surface area contributed by atoms with Crippen molar-refractivity contribution >= 4 is 39.3 Å². The quantitative estimate of drug-likeness (QED) is 0.673. The first-order chi connectivity index (χ1) is 9.09. The Morgan fingerprint density at radius 3 is 3.00 bits per heavy atom. The summed E-state index contributed by atoms with van der Waals surface area (Å²) in [6.45, 7) is 0.626. The summed E-state index contributed by atoms with van der Waals surface area (Å²) in [6.07, 6.45) is 1.11. The molecule has 0 spiro atoms. The normalized spacial score (nSPS) is 18.3. The molecule has 1 atom stereocenters. The number of carbonyl (C=O) groups is 1. The van der Waals surface area contributed by atoms with Gasteiger partial charge in [-0.15, -0.1) is 0 Å². The van der Waals surface area contributed by atoms with Gasteiger partial charge in [-0.1, -0.05) is 6.07 Å². The minimum atomic E-state index is -0.505. The van der Waals surface area contributed by atoms with E-state index in [1.807, 2.05) is 11.8 Å². The van der Waals surface area contributed by atoms with Gasteiger partial charge in [-0.3, -0.25) is 14.9 Å². The third kappa shape index (κ3) is 3.48. The third-order valence-electron chi connectivity index (χ3n) is 2.99. The molecule has 1 heterocycles. The molecule has 1 amide bonds. The zero-order valence-electron chi connectivity index (χ0n) is 10.1. The van der Waals surface area contributed by atoms with Gasteiger partial charge in [0.05, 0.1) is 10.5 Å². The van der Waals surface area contributed by atoms with Crippen molar-refractivity contribution in [3.8, 4) is 0 Å². The number of thioether (sulfide) groups is 1. The Bertz CT molecular complexity index is 504. The lowest BCUT2D eigenvalue weighted by molar-refractivity contribution is -0.385. The zero-order valence-corrected chi connectivity index (χ0v) is 12.5. The Kier molecular flexibility index (Phi) is 4.81. The predicted octanol–water partition coefficient (Wildman–Crippen LogP) is 2.84. The first kappa shape index (κ1) is 14.3. The second kappa shape index (κ2) is 6.38. The summed E-state index contributed by atoms with van der Waals surface area (Å²) >= 11 is 5.02. The number of amides is 1. The molecule has 102 valence electrons. The van der Waals surface area contributed by atoms with Gasteiger partial charge in [-0.05, 0) is 45.8 Å². The smallest absolute Gasteiger partial charge is 0.284 e. The van der Waals surface area contributed by atoms with Crippen LogP contribution in [0.5, 0.6) is 0 Å². The number of nitro groups is 1. The van der Waals surface area contributed by atoms with Crippen molar-refractivity contribution in [3.05, 3.63) is 38.3 Å². The zero-order chi connectivity index (χ0) is 13.8. The number of rotatable bonds is 4. The maximum absolute atomic E-state index is 12.0. The van der Waals surface area contributed by atoms with E-state index in [-0.39, 0.29) is 16.1 Å². The molecule has 1 N–H and O–H groups in total. The Morgan fingerprint density at radius 1 is 1.58 bits per heavy atom. The van der Waals surface area contributed by atoms with E-state index in [2.05, 4.69) is 21.2 Å². The fraction of sp³-hybridized carbons (Fsp3) is 0.417. The average molecular weight is 345 g/mol. The highest BCUT2D eigenvalue weighted by Gasteiger charge is 2.21. The minimum absolute atomic E-state index is 0.0935. The minimum Gasteiger partial charge on any atom is -0.352 e. The molecule has 1 saturated heterocycles. The van der Waals surface area contributed by atoms with E-state index in [0.717, 1.165) is 17.9 Å². The lowest BCUT2D eigenvalue weighted by Gasteiger charge is -2.10. The van der Waals surface area contributed by atoms with Gasteiger partial charge >= 0.3 is 0 Å². The molecule has 19 heavy (non-hydrogen) atoms. The summed E-state index contributed by atoms with van der Waals surface area (Å²) in [5.41, 5.74) is 0.212. The van der Waals surface area contributed by atoms with Crippen molar-refractivity contribution in [2.75, 3.05) is 18.1 Å². The molecule has 0 saturated carbocycles. The van der Waals surface area contributed by atoms with Crippen LogP contribution in [0.25, 0.3) is 0 Å². The third-order valence-corrected chi connectivity index (χ3v) is 5.06. The molecule has 1 unspecified atom stereocenters. The number of halogens is 1. The van der Waals surface area contributed by atoms with Crippen LogP contribution < -0.4 is 5.32 Å². The number of nitrogens with one attached hydrogen (secondary N) is 1. The molecule has 0 bridgehead atoms. The molecule has 0 aliphatic carbocycles. The van der Waals surface area contributed by atoms with Crippen LogP contribution in [0.2, 0.25) is 0 Å². The molecule has 5 nitrogen and oxygen atoms in total. The number of nitro benzene ring substituents is 1. The highest BCUT2D eigenvalue weighted by molar-refractivity contribution is 9.10. The molecule has 1 aromatic carbocycles. The average Bonchev–Trinajstić information content (AvgIpc) is 2.89. The predicted molar refractivity (Wildman–Crippen MR) is 78.6 cm³/mol. The number of nitrogens with zero attached hydrogens (tertiary/aromatic N) is 1. The molecular formula is C12H13BrN2O3S. The highest BCUT2D eigenvalue weighted by atomic mass is 79.9. The van der Waals surface area contributed by atoms with Gasteiger partial charge in [-0.25, -0.2) is 0 Å². The maximum atomic E-state index is 12.0. The number of hydrogen-bond acceptors (Lipinski definition) is 4. The summed E-state index contributed by atoms with van der Waals surface area (Å²) in [6, 6.07) is 4.47. The van der Waals surface area contributed by atoms with Crippen molar-refractivity contribution in [2.45, 2.75) is 6.42 Å². The van der Waals surface area contributed by atoms with E-state index in [4.69, 9.17) is 0 Å². The van der Waals surface area contributed by atoms with E-state index in [1.54, 1.807) is 6.07 Å². The van der Waals surface area contributed by atoms with Gasteiger partial charge in [0, 0.05) is 12.6 Å². The second-order valence-corrected chi connectivity index (χ2v) is 6.28. The topological polar surface area (TPSA) is 72.2 Å². The van der Waals surface area contributed by atoms with Gasteiger partial charge in [0.25, 0.3) is 11.6 Å². The number of carbonyl (C=O) groups excluding carboxylic acids is 1. The first-order valence-corrected chi connectivity index (χ1v) is 7.83. The van der Waals surface area contributed by atoms with Gasteiger partial charge in [0.2, 0.25) is 0 Å². The van der Waals surface area contributed by atoms with Crippen LogP contribution >= 0.6 is 27.7 Å². The fourth-order valence-corrected chi connectivity index (χ4v) is 3.79. The molecule has 1 aliphatic heterocycles. The van der Waals surface area contributed by atoms with E-state index in [9.17, 15) is 14.9 Å². The van der Waals surface area contributed by atoms with Crippen LogP contribution in [-0.2, 0) is 0 Å². The Balaban J connectivity index is 2.06. The summed E-state index contributed by atoms with van der Waals surface area (Å²) in [5, 5.41) is 13.6. The lowest BCUT2D eigenvalue weighted by atomic mass is 10.1. The molecule has 1 aromatic rings. The number of benzene rings is 1. The Morgan fingerprint density at radius 2 is 2.37 bits per heavy atom. The van der Waals surface area contributed by atoms with E-state index in [1.165, 1.54) is 12.1 Å². The van der Waals surface area contributed by atoms with Crippen molar-refractivity contribution in [3.63, 3.8) is 0 Å². The van der Waals surface area contributed by atoms with Crippen molar-refractivity contribution in [2.24, 2.45) is 5.92 Å². The van der Waals surface area contributed by atoms with Crippen LogP contribution in [0, 0.1) is 16.0 Å². The standard InChI is InChI=1S/C12H13BrN2O3S/c13-11-9(2-1-3-10(11)15(17)18)12(16)14-6-8-4-5-19-7-8/h1-3,8H,4-7H2,(H,14,16). The largest absolute Gasteiger partial charge is 0.352 e. The van der Waals surface area contributed by atoms with Crippen LogP contribution in [0.1, 0.15) is 16.8 Å². The molecule has 0 radical (unpaired) electrons. The van der Waals surface area contributed by atoms with Crippen molar-refractivity contribution < 1.29 is 9.72 Å². The van der Waals surface area contributed by atoms with Crippen molar-refractivity contribution in [1.29, 1.82) is 0 Å². The molecule has 7 heteroatoms. The van der Waals surface area contributed by atoms with Crippen LogP contribution in [0.15, 0.2) is 22.7 Å². The van der Waals surface area contributed by atoms with Gasteiger partial charge in [-0.2, -0.15) is 11.8 Å². The molecule has 1 fully saturated rings. The summed E-state index contributed by atoms with van der Waals surface area (Å²) in [7, 11) is 0. The molecule has 2 rings (SSSR count). The Labute approximate surface area is 123 Å². The van der Waals surface area contributed by atoms with E-state index in [0.29, 0.717) is 18.0 Å². The van der Waals surface area contributed by atoms with E-state index < -0.39 is 4.92 Å². The lowest BCUT2D eigenvalue weighted by Crippen LogP contribution is -2.29. The summed E-state index contributed by atoms with van der Waals surface area (Å²) in [5.74, 6) is 2.44. The Hall–Kier alpha value is -1.08. The van der Waals surface area contributed by atoms with Crippen LogP contribution in [-0.4, -0.2) is 28.9 Å². The molecule has 0 aromatic heterocycles. The monoisotopic (exact) mass is 344 g/mol. The number of hydrogen-bond donors (Lipinski definition) is 1.